The Morgan fingerprint density at radius 3 is 1.92 bits per heavy atom. The molecule has 214 valence electrons. The highest BCUT2D eigenvalue weighted by Crippen LogP contribution is 2.29. The van der Waals surface area contributed by atoms with Crippen LogP contribution in [0.1, 0.15) is 54.9 Å². The van der Waals surface area contributed by atoms with E-state index in [0.717, 1.165) is 21.0 Å². The predicted octanol–water partition coefficient (Wildman–Crippen LogP) is 0.657. The molecule has 2 amide bonds. The lowest BCUT2D eigenvalue weighted by Gasteiger charge is -2.45. The fourth-order valence-electron chi connectivity index (χ4n) is 3.57. The van der Waals surface area contributed by atoms with Gasteiger partial charge < -0.3 is 33.7 Å². The SMILES string of the molecule is COC(=O)/C(=C/C[C@@H]1O[C@H](COC(C)=O)[C@@H](OC(C)=O)[C@H](OC(C)=O)[C@H]1NC(C)=O)NC(=O)OC(C)(C)C. The Kier molecular flexibility index (Phi) is 12.2. The molecule has 0 aromatic carbocycles. The molecule has 0 unspecified atom stereocenters. The monoisotopic (exact) mass is 544 g/mol. The molecule has 0 spiro atoms. The van der Waals surface area contributed by atoms with Crippen molar-refractivity contribution in [3.63, 3.8) is 0 Å². The smallest absolute Gasteiger partial charge is 0.412 e. The number of hydrogen-bond acceptors (Lipinski definition) is 12. The molecule has 1 fully saturated rings. The van der Waals surface area contributed by atoms with Crippen LogP contribution < -0.4 is 10.6 Å². The highest BCUT2D eigenvalue weighted by molar-refractivity contribution is 5.92. The number of esters is 4. The number of alkyl carbamates (subject to hydrolysis) is 1. The summed E-state index contributed by atoms with van der Waals surface area (Å²) in [5.74, 6) is -3.54. The van der Waals surface area contributed by atoms with Gasteiger partial charge in [-0.25, -0.2) is 9.59 Å². The molecule has 0 radical (unpaired) electrons. The van der Waals surface area contributed by atoms with Gasteiger partial charge in [0.25, 0.3) is 0 Å². The molecule has 1 aliphatic heterocycles. The van der Waals surface area contributed by atoms with Gasteiger partial charge in [0.05, 0.1) is 19.3 Å². The highest BCUT2D eigenvalue weighted by atomic mass is 16.6. The number of carbonyl (C=O) groups excluding carboxylic acids is 6. The average molecular weight is 545 g/mol. The topological polar surface area (TPSA) is 182 Å². The lowest BCUT2D eigenvalue weighted by Crippen LogP contribution is -2.66. The summed E-state index contributed by atoms with van der Waals surface area (Å²) >= 11 is 0. The second kappa shape index (κ2) is 14.3. The highest BCUT2D eigenvalue weighted by Gasteiger charge is 2.50. The minimum absolute atomic E-state index is 0.147. The zero-order chi connectivity index (χ0) is 29.2. The Bertz CT molecular complexity index is 939. The molecule has 2 N–H and O–H groups in total. The van der Waals surface area contributed by atoms with Crippen molar-refractivity contribution in [1.29, 1.82) is 0 Å². The molecule has 0 bridgehead atoms. The standard InChI is InChI=1S/C24H36N2O12/c1-12(27)25-19-17(10-9-16(22(31)33-8)26-23(32)38-24(5,6)7)37-18(11-34-13(2)28)20(35-14(3)29)21(19)36-15(4)30/h9,17-21H,10-11H2,1-8H3,(H,25,27)(H,26,32)/b16-9-/t17-,18+,19-,20+,21+/m0/s1. The summed E-state index contributed by atoms with van der Waals surface area (Å²) in [5, 5.41) is 4.92. The number of nitrogens with one attached hydrogen (secondary N) is 2. The summed E-state index contributed by atoms with van der Waals surface area (Å²) in [5.41, 5.74) is -1.13. The summed E-state index contributed by atoms with van der Waals surface area (Å²) in [6.07, 6.45) is -4.44. The van der Waals surface area contributed by atoms with Crippen LogP contribution in [-0.4, -0.2) is 85.7 Å². The van der Waals surface area contributed by atoms with Crippen LogP contribution >= 0.6 is 0 Å². The summed E-state index contributed by atoms with van der Waals surface area (Å²) in [7, 11) is 1.11. The number of ether oxygens (including phenoxy) is 6. The molecule has 14 nitrogen and oxygen atoms in total. The van der Waals surface area contributed by atoms with Gasteiger partial charge in [0.15, 0.2) is 12.2 Å². The van der Waals surface area contributed by atoms with E-state index in [0.29, 0.717) is 0 Å². The molecule has 0 aromatic heterocycles. The third-order valence-electron chi connectivity index (χ3n) is 4.81. The first-order valence-electron chi connectivity index (χ1n) is 11.7. The maximum atomic E-state index is 12.3. The van der Waals surface area contributed by atoms with Crippen LogP contribution in [0.3, 0.4) is 0 Å². The number of amides is 2. The second-order valence-electron chi connectivity index (χ2n) is 9.36. The molecule has 1 aliphatic rings. The lowest BCUT2D eigenvalue weighted by atomic mass is 9.90. The van der Waals surface area contributed by atoms with Gasteiger partial charge >= 0.3 is 30.0 Å². The zero-order valence-electron chi connectivity index (χ0n) is 22.8. The van der Waals surface area contributed by atoms with E-state index in [1.807, 2.05) is 0 Å². The van der Waals surface area contributed by atoms with E-state index in [4.69, 9.17) is 28.4 Å². The van der Waals surface area contributed by atoms with Crippen molar-refractivity contribution in [3.8, 4) is 0 Å². The fraction of sp³-hybridized carbons (Fsp3) is 0.667. The van der Waals surface area contributed by atoms with Crippen molar-refractivity contribution in [1.82, 2.24) is 10.6 Å². The number of methoxy groups -OCH3 is 1. The summed E-state index contributed by atoms with van der Waals surface area (Å²) in [6, 6.07) is -1.08. The van der Waals surface area contributed by atoms with Crippen LogP contribution in [0.4, 0.5) is 4.79 Å². The van der Waals surface area contributed by atoms with Crippen LogP contribution in [0.15, 0.2) is 11.8 Å². The first-order chi connectivity index (χ1) is 17.5. The Morgan fingerprint density at radius 2 is 1.45 bits per heavy atom. The Hall–Kier alpha value is -3.68. The lowest BCUT2D eigenvalue weighted by molar-refractivity contribution is -0.223. The Balaban J connectivity index is 3.45. The van der Waals surface area contributed by atoms with Crippen molar-refractivity contribution >= 4 is 35.9 Å². The maximum absolute atomic E-state index is 12.3. The number of carbonyl (C=O) groups is 6. The normalized spacial score (nSPS) is 23.4. The van der Waals surface area contributed by atoms with E-state index in [1.165, 1.54) is 19.9 Å². The van der Waals surface area contributed by atoms with Gasteiger partial charge in [0.2, 0.25) is 5.91 Å². The summed E-state index contributed by atoms with van der Waals surface area (Å²) in [4.78, 5) is 71.8. The quantitative estimate of drug-likeness (QED) is 0.235. The summed E-state index contributed by atoms with van der Waals surface area (Å²) < 4.78 is 31.7. The molecule has 0 aromatic rings. The van der Waals surface area contributed by atoms with E-state index in [2.05, 4.69) is 10.6 Å². The number of hydrogen-bond donors (Lipinski definition) is 2. The zero-order valence-corrected chi connectivity index (χ0v) is 22.8. The molecular formula is C24H36N2O12. The average Bonchev–Trinajstić information content (AvgIpc) is 2.75. The van der Waals surface area contributed by atoms with Gasteiger partial charge in [0, 0.05) is 27.7 Å². The molecule has 1 rings (SSSR count). The first kappa shape index (κ1) is 32.3. The van der Waals surface area contributed by atoms with Crippen LogP contribution in [0, 0.1) is 0 Å². The van der Waals surface area contributed by atoms with E-state index in [-0.39, 0.29) is 18.7 Å². The Morgan fingerprint density at radius 1 is 0.868 bits per heavy atom. The van der Waals surface area contributed by atoms with Crippen LogP contribution in [0.2, 0.25) is 0 Å². The van der Waals surface area contributed by atoms with Gasteiger partial charge in [0.1, 0.15) is 24.0 Å². The van der Waals surface area contributed by atoms with Gasteiger partial charge in [-0.1, -0.05) is 6.08 Å². The number of rotatable bonds is 9. The first-order valence-corrected chi connectivity index (χ1v) is 11.7. The van der Waals surface area contributed by atoms with Crippen molar-refractivity contribution in [2.45, 2.75) is 90.9 Å². The van der Waals surface area contributed by atoms with Gasteiger partial charge in [-0.2, -0.15) is 0 Å². The molecule has 5 atom stereocenters. The van der Waals surface area contributed by atoms with Gasteiger partial charge in [-0.3, -0.25) is 24.5 Å². The molecule has 14 heteroatoms. The van der Waals surface area contributed by atoms with E-state index in [1.54, 1.807) is 20.8 Å². The van der Waals surface area contributed by atoms with Crippen molar-refractivity contribution in [2.75, 3.05) is 13.7 Å². The second-order valence-corrected chi connectivity index (χ2v) is 9.36. The van der Waals surface area contributed by atoms with E-state index >= 15 is 0 Å². The van der Waals surface area contributed by atoms with Crippen molar-refractivity contribution in [2.24, 2.45) is 0 Å². The minimum atomic E-state index is -1.26. The molecule has 1 heterocycles. The third-order valence-corrected chi connectivity index (χ3v) is 4.81. The van der Waals surface area contributed by atoms with Gasteiger partial charge in [-0.05, 0) is 27.2 Å². The third kappa shape index (κ3) is 11.2. The van der Waals surface area contributed by atoms with Crippen LogP contribution in [0.5, 0.6) is 0 Å². The van der Waals surface area contributed by atoms with Crippen LogP contribution in [0.25, 0.3) is 0 Å². The van der Waals surface area contributed by atoms with Crippen molar-refractivity contribution < 1.29 is 57.2 Å². The largest absolute Gasteiger partial charge is 0.464 e. The van der Waals surface area contributed by atoms with Gasteiger partial charge in [-0.15, -0.1) is 0 Å². The minimum Gasteiger partial charge on any atom is -0.464 e. The van der Waals surface area contributed by atoms with E-state index in [9.17, 15) is 28.8 Å². The van der Waals surface area contributed by atoms with Crippen molar-refractivity contribution in [3.05, 3.63) is 11.8 Å². The Labute approximate surface area is 220 Å². The fourth-order valence-corrected chi connectivity index (χ4v) is 3.57. The van der Waals surface area contributed by atoms with E-state index < -0.39 is 71.9 Å². The van der Waals surface area contributed by atoms with Crippen LogP contribution in [-0.2, 0) is 52.4 Å². The molecule has 0 aliphatic carbocycles. The predicted molar refractivity (Wildman–Crippen MR) is 128 cm³/mol. The molecule has 1 saturated heterocycles. The molecular weight excluding hydrogens is 508 g/mol. The molecule has 38 heavy (non-hydrogen) atoms. The maximum Gasteiger partial charge on any atom is 0.412 e. The summed E-state index contributed by atoms with van der Waals surface area (Å²) in [6.45, 7) is 9.17. The molecule has 0 saturated carbocycles.